The zero-order chi connectivity index (χ0) is 14.4. The maximum absolute atomic E-state index is 11.2. The van der Waals surface area contributed by atoms with Gasteiger partial charge in [-0.25, -0.2) is 8.42 Å². The van der Waals surface area contributed by atoms with Gasteiger partial charge in [0.15, 0.2) is 0 Å². The van der Waals surface area contributed by atoms with Crippen molar-refractivity contribution in [3.05, 3.63) is 35.9 Å². The number of benzene rings is 1. The van der Waals surface area contributed by atoms with Crippen molar-refractivity contribution in [2.75, 3.05) is 18.6 Å². The van der Waals surface area contributed by atoms with Gasteiger partial charge in [-0.2, -0.15) is 0 Å². The highest BCUT2D eigenvalue weighted by atomic mass is 32.2. The van der Waals surface area contributed by atoms with Gasteiger partial charge in [-0.15, -0.1) is 0 Å². The number of sulfone groups is 1. The zero-order valence-corrected chi connectivity index (χ0v) is 13.0. The molecule has 0 aliphatic heterocycles. The Morgan fingerprint density at radius 3 is 2.55 bits per heavy atom. The van der Waals surface area contributed by atoms with E-state index in [4.69, 9.17) is 0 Å². The van der Waals surface area contributed by atoms with Gasteiger partial charge in [-0.05, 0) is 50.1 Å². The third kappa shape index (κ3) is 6.53. The molecule has 112 valence electrons. The van der Waals surface area contributed by atoms with Gasteiger partial charge >= 0.3 is 0 Å². The van der Waals surface area contributed by atoms with Gasteiger partial charge < -0.3 is 5.32 Å². The predicted octanol–water partition coefficient (Wildman–Crippen LogP) is 2.42. The van der Waals surface area contributed by atoms with E-state index in [2.05, 4.69) is 29.6 Å². The lowest BCUT2D eigenvalue weighted by atomic mass is 9.95. The second kappa shape index (κ2) is 7.23. The minimum absolute atomic E-state index is 0.307. The van der Waals surface area contributed by atoms with E-state index in [1.807, 2.05) is 6.07 Å². The molecular weight excluding hydrogens is 270 g/mol. The highest BCUT2D eigenvalue weighted by molar-refractivity contribution is 7.90. The molecule has 0 bridgehead atoms. The molecular formula is C16H25NO2S. The average Bonchev–Trinajstić information content (AvgIpc) is 3.19. The first-order chi connectivity index (χ1) is 9.53. The molecule has 0 amide bonds. The fourth-order valence-corrected chi connectivity index (χ4v) is 3.17. The summed E-state index contributed by atoms with van der Waals surface area (Å²) in [5, 5.41) is 3.58. The van der Waals surface area contributed by atoms with Crippen LogP contribution in [-0.2, 0) is 16.3 Å². The maximum Gasteiger partial charge on any atom is 0.147 e. The van der Waals surface area contributed by atoms with Crippen LogP contribution in [0, 0.1) is 5.92 Å². The van der Waals surface area contributed by atoms with Gasteiger partial charge in [0.2, 0.25) is 0 Å². The van der Waals surface area contributed by atoms with Crippen molar-refractivity contribution in [3.63, 3.8) is 0 Å². The lowest BCUT2D eigenvalue weighted by Crippen LogP contribution is -2.26. The summed E-state index contributed by atoms with van der Waals surface area (Å²) < 4.78 is 22.5. The topological polar surface area (TPSA) is 46.2 Å². The molecule has 0 saturated heterocycles. The molecule has 0 radical (unpaired) electrons. The van der Waals surface area contributed by atoms with E-state index >= 15 is 0 Å². The molecule has 1 aliphatic carbocycles. The Morgan fingerprint density at radius 1 is 1.25 bits per heavy atom. The molecule has 0 spiro atoms. The van der Waals surface area contributed by atoms with E-state index in [0.717, 1.165) is 25.8 Å². The quantitative estimate of drug-likeness (QED) is 0.761. The van der Waals surface area contributed by atoms with Crippen LogP contribution in [0.4, 0.5) is 0 Å². The smallest absolute Gasteiger partial charge is 0.147 e. The summed E-state index contributed by atoms with van der Waals surface area (Å²) >= 11 is 0. The lowest BCUT2D eigenvalue weighted by molar-refractivity contribution is 0.437. The SMILES string of the molecule is CS(=O)(=O)CCCC(CNC1CC1)Cc1ccccc1. The van der Waals surface area contributed by atoms with Crippen molar-refractivity contribution >= 4 is 9.84 Å². The van der Waals surface area contributed by atoms with Crippen LogP contribution in [0.3, 0.4) is 0 Å². The highest BCUT2D eigenvalue weighted by Crippen LogP contribution is 2.21. The van der Waals surface area contributed by atoms with Gasteiger partial charge in [0.25, 0.3) is 0 Å². The van der Waals surface area contributed by atoms with Crippen LogP contribution in [0.2, 0.25) is 0 Å². The summed E-state index contributed by atoms with van der Waals surface area (Å²) in [5.41, 5.74) is 1.34. The fraction of sp³-hybridized carbons (Fsp3) is 0.625. The van der Waals surface area contributed by atoms with Crippen LogP contribution in [-0.4, -0.2) is 33.0 Å². The predicted molar refractivity (Wildman–Crippen MR) is 83.6 cm³/mol. The van der Waals surface area contributed by atoms with Crippen molar-refractivity contribution < 1.29 is 8.42 Å². The first-order valence-electron chi connectivity index (χ1n) is 7.48. The molecule has 1 aromatic rings. The minimum Gasteiger partial charge on any atom is -0.314 e. The maximum atomic E-state index is 11.2. The molecule has 20 heavy (non-hydrogen) atoms. The van der Waals surface area contributed by atoms with Gasteiger partial charge in [-0.1, -0.05) is 30.3 Å². The van der Waals surface area contributed by atoms with Crippen molar-refractivity contribution in [2.45, 2.75) is 38.1 Å². The number of rotatable bonds is 9. The van der Waals surface area contributed by atoms with E-state index in [0.29, 0.717) is 17.7 Å². The van der Waals surface area contributed by atoms with Crippen LogP contribution in [0.5, 0.6) is 0 Å². The molecule has 3 nitrogen and oxygen atoms in total. The summed E-state index contributed by atoms with van der Waals surface area (Å²) in [6, 6.07) is 11.2. The Hall–Kier alpha value is -0.870. The van der Waals surface area contributed by atoms with E-state index in [-0.39, 0.29) is 0 Å². The third-order valence-electron chi connectivity index (χ3n) is 3.77. The van der Waals surface area contributed by atoms with Crippen LogP contribution >= 0.6 is 0 Å². The molecule has 1 saturated carbocycles. The Bertz CT molecular complexity index is 494. The third-order valence-corrected chi connectivity index (χ3v) is 4.80. The number of hydrogen-bond acceptors (Lipinski definition) is 3. The normalized spacial score (nSPS) is 17.1. The Morgan fingerprint density at radius 2 is 1.95 bits per heavy atom. The Kier molecular flexibility index (Phi) is 5.61. The molecule has 2 rings (SSSR count). The largest absolute Gasteiger partial charge is 0.314 e. The summed E-state index contributed by atoms with van der Waals surface area (Å²) in [6.07, 6.45) is 6.68. The van der Waals surface area contributed by atoms with Gasteiger partial charge in [0, 0.05) is 18.1 Å². The molecule has 1 aliphatic rings. The standard InChI is InChI=1S/C16H25NO2S/c1-20(18,19)11-5-8-15(13-17-16-9-10-16)12-14-6-3-2-4-7-14/h2-4,6-7,15-17H,5,8-13H2,1H3. The second-order valence-corrected chi connectivity index (χ2v) is 8.27. The summed E-state index contributed by atoms with van der Waals surface area (Å²) in [4.78, 5) is 0. The Balaban J connectivity index is 1.82. The highest BCUT2D eigenvalue weighted by Gasteiger charge is 2.22. The monoisotopic (exact) mass is 295 g/mol. The van der Waals surface area contributed by atoms with E-state index in [9.17, 15) is 8.42 Å². The molecule has 1 aromatic carbocycles. The van der Waals surface area contributed by atoms with Crippen molar-refractivity contribution in [1.29, 1.82) is 0 Å². The zero-order valence-electron chi connectivity index (χ0n) is 12.2. The van der Waals surface area contributed by atoms with Crippen molar-refractivity contribution in [3.8, 4) is 0 Å². The van der Waals surface area contributed by atoms with Crippen LogP contribution in [0.1, 0.15) is 31.2 Å². The molecule has 1 unspecified atom stereocenters. The number of hydrogen-bond donors (Lipinski definition) is 1. The molecule has 0 aromatic heterocycles. The molecule has 1 atom stereocenters. The molecule has 1 N–H and O–H groups in total. The van der Waals surface area contributed by atoms with Crippen molar-refractivity contribution in [1.82, 2.24) is 5.32 Å². The van der Waals surface area contributed by atoms with Gasteiger partial charge in [-0.3, -0.25) is 0 Å². The molecule has 0 heterocycles. The average molecular weight is 295 g/mol. The van der Waals surface area contributed by atoms with E-state index in [1.54, 1.807) is 0 Å². The Labute approximate surface area is 122 Å². The van der Waals surface area contributed by atoms with Gasteiger partial charge in [0.1, 0.15) is 9.84 Å². The minimum atomic E-state index is -2.83. The van der Waals surface area contributed by atoms with Crippen LogP contribution in [0.15, 0.2) is 30.3 Å². The van der Waals surface area contributed by atoms with Gasteiger partial charge in [0.05, 0.1) is 0 Å². The molecule has 4 heteroatoms. The molecule has 1 fully saturated rings. The van der Waals surface area contributed by atoms with Crippen LogP contribution in [0.25, 0.3) is 0 Å². The first-order valence-corrected chi connectivity index (χ1v) is 9.54. The van der Waals surface area contributed by atoms with Crippen LogP contribution < -0.4 is 5.32 Å². The van der Waals surface area contributed by atoms with Crippen molar-refractivity contribution in [2.24, 2.45) is 5.92 Å². The lowest BCUT2D eigenvalue weighted by Gasteiger charge is -2.17. The van der Waals surface area contributed by atoms with E-state index < -0.39 is 9.84 Å². The summed E-state index contributed by atoms with van der Waals surface area (Å²) in [6.45, 7) is 1.00. The number of nitrogens with one attached hydrogen (secondary N) is 1. The first kappa shape index (κ1) is 15.5. The summed E-state index contributed by atoms with van der Waals surface area (Å²) in [5.74, 6) is 0.835. The van der Waals surface area contributed by atoms with E-state index in [1.165, 1.54) is 24.7 Å². The fourth-order valence-electron chi connectivity index (χ4n) is 2.48. The second-order valence-electron chi connectivity index (χ2n) is 6.01. The summed E-state index contributed by atoms with van der Waals surface area (Å²) in [7, 11) is -2.83.